The highest BCUT2D eigenvalue weighted by Crippen LogP contribution is 2.53. The number of aromatic nitrogens is 3. The van der Waals surface area contributed by atoms with Gasteiger partial charge >= 0.3 is 18.0 Å². The van der Waals surface area contributed by atoms with E-state index in [0.29, 0.717) is 43.6 Å². The highest BCUT2D eigenvalue weighted by atomic mass is 19.4. The summed E-state index contributed by atoms with van der Waals surface area (Å²) in [6.45, 7) is 3.67. The molecule has 212 valence electrons. The molecule has 0 bridgehead atoms. The summed E-state index contributed by atoms with van der Waals surface area (Å²) in [5, 5.41) is 13.9. The molecule has 0 unspecified atom stereocenters. The van der Waals surface area contributed by atoms with Crippen LogP contribution in [-0.2, 0) is 15.8 Å². The van der Waals surface area contributed by atoms with Gasteiger partial charge in [-0.2, -0.15) is 26.3 Å². The largest absolute Gasteiger partial charge is 0.493 e. The van der Waals surface area contributed by atoms with E-state index in [-0.39, 0.29) is 11.4 Å². The van der Waals surface area contributed by atoms with Gasteiger partial charge in [0.25, 0.3) is 5.60 Å². The number of nitrogens with one attached hydrogen (secondary N) is 2. The van der Waals surface area contributed by atoms with Gasteiger partial charge in [-0.1, -0.05) is 26.0 Å². The van der Waals surface area contributed by atoms with Crippen LogP contribution in [0.4, 0.5) is 26.3 Å². The predicted octanol–water partition coefficient (Wildman–Crippen LogP) is 4.93. The molecule has 1 aromatic carbocycles. The Morgan fingerprint density at radius 1 is 0.949 bits per heavy atom. The Hall–Kier alpha value is -3.32. The van der Waals surface area contributed by atoms with E-state index in [2.05, 4.69) is 15.3 Å². The number of H-pyrrole nitrogens is 1. The number of halogens is 6. The molecule has 0 atom stereocenters. The zero-order valence-electron chi connectivity index (χ0n) is 21.2. The first-order chi connectivity index (χ1) is 18.2. The molecule has 0 aliphatic carbocycles. The molecule has 1 aliphatic heterocycles. The molecule has 3 aromatic rings. The zero-order chi connectivity index (χ0) is 28.6. The van der Waals surface area contributed by atoms with Crippen molar-refractivity contribution in [2.75, 3.05) is 19.7 Å². The number of ether oxygens (including phenoxy) is 1. The van der Waals surface area contributed by atoms with Crippen molar-refractivity contribution in [3.63, 3.8) is 0 Å². The average molecular weight is 559 g/mol. The molecule has 4 rings (SSSR count). The van der Waals surface area contributed by atoms with Gasteiger partial charge < -0.3 is 20.1 Å². The van der Waals surface area contributed by atoms with E-state index < -0.39 is 53.0 Å². The van der Waals surface area contributed by atoms with Crippen molar-refractivity contribution >= 4 is 0 Å². The van der Waals surface area contributed by atoms with Gasteiger partial charge in [-0.15, -0.1) is 0 Å². The number of nitrogens with zero attached hydrogens (tertiary/aromatic N) is 2. The fourth-order valence-corrected chi connectivity index (χ4v) is 4.89. The normalized spacial score (nSPS) is 16.0. The Labute approximate surface area is 219 Å². The third-order valence-electron chi connectivity index (χ3n) is 7.22. The Morgan fingerprint density at radius 3 is 2.05 bits per heavy atom. The highest BCUT2D eigenvalue weighted by molar-refractivity contribution is 5.45. The molecule has 1 aliphatic rings. The summed E-state index contributed by atoms with van der Waals surface area (Å²) >= 11 is 0. The Morgan fingerprint density at radius 2 is 1.51 bits per heavy atom. The minimum atomic E-state index is -5.82. The molecule has 3 heterocycles. The van der Waals surface area contributed by atoms with E-state index >= 15 is 0 Å². The lowest BCUT2D eigenvalue weighted by Gasteiger charge is -2.38. The number of benzene rings is 1. The summed E-state index contributed by atoms with van der Waals surface area (Å²) in [7, 11) is 0. The van der Waals surface area contributed by atoms with Crippen LogP contribution in [-0.4, -0.2) is 51.7 Å². The van der Waals surface area contributed by atoms with Crippen LogP contribution in [0.1, 0.15) is 43.5 Å². The summed E-state index contributed by atoms with van der Waals surface area (Å²) in [5.74, 6) is -0.998. The molecule has 1 fully saturated rings. The summed E-state index contributed by atoms with van der Waals surface area (Å²) in [5.41, 5.74) is -6.82. The molecule has 13 heteroatoms. The minimum absolute atomic E-state index is 0.105. The fourth-order valence-electron chi connectivity index (χ4n) is 4.89. The lowest BCUT2D eigenvalue weighted by atomic mass is 9.82. The Balaban J connectivity index is 1.73. The van der Waals surface area contributed by atoms with Gasteiger partial charge in [0.05, 0.1) is 18.0 Å². The molecule has 0 amide bonds. The summed E-state index contributed by atoms with van der Waals surface area (Å²) in [6.07, 6.45) is -7.81. The number of imidazole rings is 1. The van der Waals surface area contributed by atoms with Crippen molar-refractivity contribution in [2.24, 2.45) is 5.92 Å². The van der Waals surface area contributed by atoms with E-state index in [4.69, 9.17) is 4.74 Å². The molecule has 39 heavy (non-hydrogen) atoms. The van der Waals surface area contributed by atoms with Gasteiger partial charge in [-0.05, 0) is 61.7 Å². The van der Waals surface area contributed by atoms with Gasteiger partial charge in [0.2, 0.25) is 5.88 Å². The molecular weight excluding hydrogens is 530 g/mol. The van der Waals surface area contributed by atoms with Gasteiger partial charge in [-0.25, -0.2) is 9.36 Å². The molecule has 1 saturated heterocycles. The topological polar surface area (TPSA) is 92.2 Å². The maximum absolute atomic E-state index is 14.2. The monoisotopic (exact) mass is 558 g/mol. The molecular formula is C26H28F6N4O3. The Bertz CT molecular complexity index is 1310. The Kier molecular flexibility index (Phi) is 7.60. The smallest absolute Gasteiger partial charge is 0.430 e. The predicted molar refractivity (Wildman–Crippen MR) is 130 cm³/mol. The van der Waals surface area contributed by atoms with Gasteiger partial charge in [-0.3, -0.25) is 4.98 Å². The standard InChI is InChI=1S/C26H28F6N4O3/c1-23(2,17-9-13-34-14-10-17)20-21(37)36(22(38)35-20)19-5-3-18(4-6-19)24(25(27,28)29,26(30,31)32)39-15-16-7-11-33-12-8-16/h3-6,9-10,13-14,16,33,37H,7-8,11-12,15H2,1-2H3,(H,35,38). The van der Waals surface area contributed by atoms with Crippen molar-refractivity contribution in [3.8, 4) is 11.6 Å². The third kappa shape index (κ3) is 5.17. The highest BCUT2D eigenvalue weighted by Gasteiger charge is 2.73. The SMILES string of the molecule is CC(C)(c1ccncc1)c1[nH]c(=O)n(-c2ccc(C(OCC3CCNCC3)(C(F)(F)F)C(F)(F)F)cc2)c1O. The molecule has 0 spiro atoms. The number of alkyl halides is 6. The van der Waals surface area contributed by atoms with Gasteiger partial charge in [0.1, 0.15) is 0 Å². The molecule has 7 nitrogen and oxygen atoms in total. The summed E-state index contributed by atoms with van der Waals surface area (Å²) in [4.78, 5) is 19.2. The molecule has 0 saturated carbocycles. The lowest BCUT2D eigenvalue weighted by Crippen LogP contribution is -2.56. The average Bonchev–Trinajstić information content (AvgIpc) is 3.18. The zero-order valence-corrected chi connectivity index (χ0v) is 21.2. The first-order valence-electron chi connectivity index (χ1n) is 12.2. The van der Waals surface area contributed by atoms with Crippen LogP contribution < -0.4 is 11.0 Å². The fraction of sp³-hybridized carbons (Fsp3) is 0.462. The molecule has 2 aromatic heterocycles. The number of piperidine rings is 1. The van der Waals surface area contributed by atoms with Crippen molar-refractivity contribution < 1.29 is 36.2 Å². The maximum Gasteiger partial charge on any atom is 0.430 e. The van der Waals surface area contributed by atoms with E-state index in [0.717, 1.165) is 16.7 Å². The second kappa shape index (κ2) is 10.3. The number of rotatable bonds is 7. The lowest BCUT2D eigenvalue weighted by molar-refractivity contribution is -0.391. The van der Waals surface area contributed by atoms with Crippen LogP contribution in [0.5, 0.6) is 5.88 Å². The van der Waals surface area contributed by atoms with Crippen molar-refractivity contribution in [1.29, 1.82) is 0 Å². The van der Waals surface area contributed by atoms with Crippen LogP contribution in [0.15, 0.2) is 53.6 Å². The first kappa shape index (κ1) is 28.7. The maximum atomic E-state index is 14.2. The number of hydrogen-bond acceptors (Lipinski definition) is 5. The first-order valence-corrected chi connectivity index (χ1v) is 12.2. The molecule has 0 radical (unpaired) electrons. The summed E-state index contributed by atoms with van der Waals surface area (Å²) in [6, 6.07) is 6.42. The second-order valence-corrected chi connectivity index (χ2v) is 10.1. The van der Waals surface area contributed by atoms with Crippen molar-refractivity contribution in [1.82, 2.24) is 19.9 Å². The van der Waals surface area contributed by atoms with Crippen LogP contribution >= 0.6 is 0 Å². The van der Waals surface area contributed by atoms with Crippen molar-refractivity contribution in [2.45, 2.75) is 50.1 Å². The van der Waals surface area contributed by atoms with Crippen molar-refractivity contribution in [3.05, 3.63) is 76.1 Å². The summed E-state index contributed by atoms with van der Waals surface area (Å²) < 4.78 is 90.7. The van der Waals surface area contributed by atoms with E-state index in [1.807, 2.05) is 0 Å². The van der Waals surface area contributed by atoms with E-state index in [1.54, 1.807) is 26.0 Å². The number of aromatic hydroxyl groups is 1. The van der Waals surface area contributed by atoms with Crippen LogP contribution in [0.3, 0.4) is 0 Å². The van der Waals surface area contributed by atoms with Crippen LogP contribution in [0.2, 0.25) is 0 Å². The minimum Gasteiger partial charge on any atom is -0.493 e. The molecule has 3 N–H and O–H groups in total. The van der Waals surface area contributed by atoms with E-state index in [9.17, 15) is 36.2 Å². The van der Waals surface area contributed by atoms with E-state index in [1.165, 1.54) is 12.4 Å². The quantitative estimate of drug-likeness (QED) is 0.358. The number of pyridine rings is 1. The van der Waals surface area contributed by atoms with Crippen LogP contribution in [0, 0.1) is 5.92 Å². The van der Waals surface area contributed by atoms with Crippen LogP contribution in [0.25, 0.3) is 5.69 Å². The number of aromatic amines is 1. The van der Waals surface area contributed by atoms with Gasteiger partial charge in [0.15, 0.2) is 0 Å². The third-order valence-corrected chi connectivity index (χ3v) is 7.22. The number of hydrogen-bond donors (Lipinski definition) is 3. The second-order valence-electron chi connectivity index (χ2n) is 10.1. The van der Waals surface area contributed by atoms with Gasteiger partial charge in [0, 0.05) is 23.4 Å².